The van der Waals surface area contributed by atoms with Gasteiger partial charge >= 0.3 is 0 Å². The molecule has 172 valence electrons. The van der Waals surface area contributed by atoms with Gasteiger partial charge in [0.1, 0.15) is 6.61 Å². The molecule has 0 aromatic heterocycles. The highest BCUT2D eigenvalue weighted by atomic mass is 32.2. The van der Waals surface area contributed by atoms with Gasteiger partial charge in [0, 0.05) is 49.6 Å². The van der Waals surface area contributed by atoms with Crippen molar-refractivity contribution in [2.24, 2.45) is 0 Å². The SMILES string of the molecule is COCCOCC(=O)N1CCN(CCCN2c3ccccc3Sc3ccc(C)cc32)CC1. The van der Waals surface area contributed by atoms with E-state index < -0.39 is 0 Å². The number of carbonyl (C=O) groups is 1. The highest BCUT2D eigenvalue weighted by Gasteiger charge is 2.24. The van der Waals surface area contributed by atoms with Crippen LogP contribution in [0.25, 0.3) is 0 Å². The lowest BCUT2D eigenvalue weighted by Crippen LogP contribution is -2.50. The summed E-state index contributed by atoms with van der Waals surface area (Å²) in [5.74, 6) is 0.0788. The molecule has 0 N–H and O–H groups in total. The predicted molar refractivity (Wildman–Crippen MR) is 129 cm³/mol. The Morgan fingerprint density at radius 2 is 1.75 bits per heavy atom. The molecule has 2 aliphatic heterocycles. The van der Waals surface area contributed by atoms with Crippen molar-refractivity contribution in [1.82, 2.24) is 9.80 Å². The number of anilines is 2. The number of amides is 1. The Bertz CT molecular complexity index is 915. The minimum atomic E-state index is 0.0788. The average molecular weight is 456 g/mol. The minimum Gasteiger partial charge on any atom is -0.382 e. The van der Waals surface area contributed by atoms with Gasteiger partial charge in [-0.2, -0.15) is 0 Å². The van der Waals surface area contributed by atoms with Crippen molar-refractivity contribution in [3.63, 3.8) is 0 Å². The monoisotopic (exact) mass is 455 g/mol. The van der Waals surface area contributed by atoms with Crippen LogP contribution in [-0.2, 0) is 14.3 Å². The summed E-state index contributed by atoms with van der Waals surface area (Å²) in [5.41, 5.74) is 3.91. The molecule has 0 spiro atoms. The number of methoxy groups -OCH3 is 1. The lowest BCUT2D eigenvalue weighted by molar-refractivity contribution is -0.138. The third-order valence-corrected chi connectivity index (χ3v) is 7.15. The van der Waals surface area contributed by atoms with Crippen LogP contribution in [0.3, 0.4) is 0 Å². The first-order valence-electron chi connectivity index (χ1n) is 11.4. The smallest absolute Gasteiger partial charge is 0.248 e. The Labute approximate surface area is 195 Å². The number of piperazine rings is 1. The van der Waals surface area contributed by atoms with Crippen molar-refractivity contribution in [3.05, 3.63) is 48.0 Å². The minimum absolute atomic E-state index is 0.0788. The molecule has 2 aliphatic rings. The molecule has 2 heterocycles. The summed E-state index contributed by atoms with van der Waals surface area (Å²) in [4.78, 5) is 21.8. The molecule has 0 saturated carbocycles. The number of rotatable bonds is 9. The number of hydrogen-bond acceptors (Lipinski definition) is 6. The lowest BCUT2D eigenvalue weighted by atomic mass is 10.1. The van der Waals surface area contributed by atoms with Crippen molar-refractivity contribution in [2.45, 2.75) is 23.1 Å². The van der Waals surface area contributed by atoms with Gasteiger partial charge in [0.15, 0.2) is 0 Å². The molecule has 0 atom stereocenters. The molecule has 0 unspecified atom stereocenters. The molecule has 1 saturated heterocycles. The zero-order valence-corrected chi connectivity index (χ0v) is 19.9. The molecular weight excluding hydrogens is 422 g/mol. The average Bonchev–Trinajstić information content (AvgIpc) is 2.82. The standard InChI is InChI=1S/C25H33N3O3S/c1-20-8-9-24-22(18-20)28(21-6-3-4-7-23(21)32-24)11-5-10-26-12-14-27(15-13-26)25(29)19-31-17-16-30-2/h3-4,6-9,18H,5,10-17,19H2,1-2H3. The van der Waals surface area contributed by atoms with Crippen LogP contribution in [0, 0.1) is 6.92 Å². The Kier molecular flexibility index (Phi) is 8.08. The molecule has 0 aliphatic carbocycles. The van der Waals surface area contributed by atoms with Crippen molar-refractivity contribution in [1.29, 1.82) is 0 Å². The highest BCUT2D eigenvalue weighted by molar-refractivity contribution is 7.99. The zero-order chi connectivity index (χ0) is 22.3. The number of aryl methyl sites for hydroxylation is 1. The molecule has 0 bridgehead atoms. The normalized spacial score (nSPS) is 16.1. The quantitative estimate of drug-likeness (QED) is 0.536. The molecular formula is C25H33N3O3S. The van der Waals surface area contributed by atoms with E-state index in [4.69, 9.17) is 9.47 Å². The van der Waals surface area contributed by atoms with E-state index in [1.54, 1.807) is 7.11 Å². The third kappa shape index (κ3) is 5.64. The summed E-state index contributed by atoms with van der Waals surface area (Å²) in [5, 5.41) is 0. The number of nitrogens with zero attached hydrogens (tertiary/aromatic N) is 3. The summed E-state index contributed by atoms with van der Waals surface area (Å²) in [6.07, 6.45) is 1.08. The van der Waals surface area contributed by atoms with Gasteiger partial charge in [0.05, 0.1) is 24.6 Å². The summed E-state index contributed by atoms with van der Waals surface area (Å²) in [6, 6.07) is 15.4. The van der Waals surface area contributed by atoms with E-state index >= 15 is 0 Å². The van der Waals surface area contributed by atoms with Crippen LogP contribution in [0.2, 0.25) is 0 Å². The maximum absolute atomic E-state index is 12.3. The Morgan fingerprint density at radius 1 is 0.969 bits per heavy atom. The van der Waals surface area contributed by atoms with E-state index in [0.717, 1.165) is 45.7 Å². The first-order chi connectivity index (χ1) is 15.7. The Morgan fingerprint density at radius 3 is 2.56 bits per heavy atom. The van der Waals surface area contributed by atoms with E-state index in [2.05, 4.69) is 59.2 Å². The number of benzene rings is 2. The van der Waals surface area contributed by atoms with Crippen LogP contribution >= 0.6 is 11.8 Å². The van der Waals surface area contributed by atoms with Crippen LogP contribution in [-0.4, -0.2) is 81.9 Å². The molecule has 32 heavy (non-hydrogen) atoms. The maximum atomic E-state index is 12.3. The predicted octanol–water partition coefficient (Wildman–Crippen LogP) is 3.80. The van der Waals surface area contributed by atoms with Crippen molar-refractivity contribution in [2.75, 3.05) is 71.1 Å². The van der Waals surface area contributed by atoms with Crippen LogP contribution in [0.5, 0.6) is 0 Å². The fourth-order valence-electron chi connectivity index (χ4n) is 4.25. The second-order valence-corrected chi connectivity index (χ2v) is 9.40. The van der Waals surface area contributed by atoms with E-state index in [9.17, 15) is 4.79 Å². The summed E-state index contributed by atoms with van der Waals surface area (Å²) < 4.78 is 10.3. The molecule has 2 aromatic carbocycles. The molecule has 0 radical (unpaired) electrons. The zero-order valence-electron chi connectivity index (χ0n) is 19.1. The Hall–Kier alpha value is -2.06. The summed E-state index contributed by atoms with van der Waals surface area (Å²) >= 11 is 1.86. The lowest BCUT2D eigenvalue weighted by Gasteiger charge is -2.36. The van der Waals surface area contributed by atoms with Gasteiger partial charge in [-0.1, -0.05) is 30.0 Å². The fourth-order valence-corrected chi connectivity index (χ4v) is 5.32. The van der Waals surface area contributed by atoms with Crippen LogP contribution in [0.15, 0.2) is 52.3 Å². The van der Waals surface area contributed by atoms with Gasteiger partial charge in [-0.25, -0.2) is 0 Å². The largest absolute Gasteiger partial charge is 0.382 e. The number of fused-ring (bicyclic) bond motifs is 2. The number of carbonyl (C=O) groups excluding carboxylic acids is 1. The van der Waals surface area contributed by atoms with E-state index in [-0.39, 0.29) is 12.5 Å². The first-order valence-corrected chi connectivity index (χ1v) is 12.2. The van der Waals surface area contributed by atoms with Gasteiger partial charge in [-0.3, -0.25) is 9.69 Å². The molecule has 1 fully saturated rings. The molecule has 2 aromatic rings. The van der Waals surface area contributed by atoms with Crippen LogP contribution in [0.4, 0.5) is 11.4 Å². The molecule has 7 heteroatoms. The second-order valence-electron chi connectivity index (χ2n) is 8.31. The van der Waals surface area contributed by atoms with Gasteiger partial charge in [0.2, 0.25) is 5.91 Å². The second kappa shape index (κ2) is 11.2. The van der Waals surface area contributed by atoms with Crippen molar-refractivity contribution >= 4 is 29.0 Å². The fraction of sp³-hybridized carbons (Fsp3) is 0.480. The van der Waals surface area contributed by atoms with Gasteiger partial charge in [0.25, 0.3) is 0 Å². The van der Waals surface area contributed by atoms with Gasteiger partial charge < -0.3 is 19.3 Å². The highest BCUT2D eigenvalue weighted by Crippen LogP contribution is 2.48. The maximum Gasteiger partial charge on any atom is 0.248 e. The molecule has 4 rings (SSSR count). The number of para-hydroxylation sites is 1. The first kappa shape index (κ1) is 23.1. The number of ether oxygens (including phenoxy) is 2. The summed E-state index contributed by atoms with van der Waals surface area (Å²) in [7, 11) is 1.63. The van der Waals surface area contributed by atoms with Crippen LogP contribution < -0.4 is 4.90 Å². The van der Waals surface area contributed by atoms with Crippen molar-refractivity contribution in [3.8, 4) is 0 Å². The molecule has 1 amide bonds. The van der Waals surface area contributed by atoms with E-state index in [0.29, 0.717) is 13.2 Å². The number of hydrogen-bond donors (Lipinski definition) is 0. The Balaban J connectivity index is 1.28. The third-order valence-electron chi connectivity index (χ3n) is 6.02. The summed E-state index contributed by atoms with van der Waals surface area (Å²) in [6.45, 7) is 8.71. The van der Waals surface area contributed by atoms with Gasteiger partial charge in [-0.15, -0.1) is 0 Å². The van der Waals surface area contributed by atoms with Crippen LogP contribution in [0.1, 0.15) is 12.0 Å². The van der Waals surface area contributed by atoms with Gasteiger partial charge in [-0.05, 0) is 49.7 Å². The topological polar surface area (TPSA) is 45.3 Å². The molecule has 6 nitrogen and oxygen atoms in total. The van der Waals surface area contributed by atoms with Crippen molar-refractivity contribution < 1.29 is 14.3 Å². The van der Waals surface area contributed by atoms with E-state index in [1.165, 1.54) is 26.7 Å². The van der Waals surface area contributed by atoms with E-state index in [1.807, 2.05) is 16.7 Å².